The number of aliphatic hydroxyl groups is 1. The van der Waals surface area contributed by atoms with E-state index in [2.05, 4.69) is 10.2 Å². The van der Waals surface area contributed by atoms with E-state index >= 15 is 0 Å². The first kappa shape index (κ1) is 14.3. The number of hydrogen-bond donors (Lipinski definition) is 2. The number of nitrogens with one attached hydrogen (secondary N) is 1. The van der Waals surface area contributed by atoms with Crippen LogP contribution >= 0.6 is 0 Å². The summed E-state index contributed by atoms with van der Waals surface area (Å²) in [4.78, 5) is 17.0. The molecule has 3 saturated heterocycles. The van der Waals surface area contributed by atoms with Crippen LogP contribution in [0.1, 0.15) is 38.5 Å². The van der Waals surface area contributed by atoms with Gasteiger partial charge in [0, 0.05) is 25.7 Å². The van der Waals surface area contributed by atoms with E-state index in [4.69, 9.17) is 0 Å². The van der Waals surface area contributed by atoms with E-state index in [1.165, 1.54) is 32.4 Å². The van der Waals surface area contributed by atoms with Crippen molar-refractivity contribution in [2.24, 2.45) is 0 Å². The average Bonchev–Trinajstić information content (AvgIpc) is 2.94. The molecule has 3 aliphatic rings. The fourth-order valence-corrected chi connectivity index (χ4v) is 3.86. The van der Waals surface area contributed by atoms with Crippen LogP contribution in [-0.2, 0) is 4.79 Å². The minimum Gasteiger partial charge on any atom is -0.392 e. The van der Waals surface area contributed by atoms with Crippen LogP contribution in [0.3, 0.4) is 0 Å². The molecule has 0 bridgehead atoms. The van der Waals surface area contributed by atoms with Crippen molar-refractivity contribution in [2.75, 3.05) is 32.7 Å². The maximum Gasteiger partial charge on any atom is 0.239 e. The first-order valence-electron chi connectivity index (χ1n) is 8.18. The van der Waals surface area contributed by atoms with Crippen LogP contribution in [-0.4, -0.2) is 71.7 Å². The van der Waals surface area contributed by atoms with Crippen molar-refractivity contribution in [1.29, 1.82) is 0 Å². The van der Waals surface area contributed by atoms with Gasteiger partial charge < -0.3 is 20.2 Å². The summed E-state index contributed by atoms with van der Waals surface area (Å²) in [7, 11) is 0. The smallest absolute Gasteiger partial charge is 0.239 e. The highest BCUT2D eigenvalue weighted by Crippen LogP contribution is 2.22. The molecule has 5 heteroatoms. The fraction of sp³-hybridized carbons (Fsp3) is 0.933. The Hall–Kier alpha value is -0.650. The largest absolute Gasteiger partial charge is 0.392 e. The van der Waals surface area contributed by atoms with Crippen LogP contribution in [0.25, 0.3) is 0 Å². The first-order valence-corrected chi connectivity index (χ1v) is 8.18. The Kier molecular flexibility index (Phi) is 4.58. The monoisotopic (exact) mass is 281 g/mol. The van der Waals surface area contributed by atoms with E-state index in [0.717, 1.165) is 25.9 Å². The highest BCUT2D eigenvalue weighted by atomic mass is 16.3. The molecule has 3 heterocycles. The molecule has 2 atom stereocenters. The van der Waals surface area contributed by atoms with Crippen LogP contribution in [0.2, 0.25) is 0 Å². The Labute approximate surface area is 121 Å². The molecule has 0 aromatic rings. The molecular formula is C15H27N3O2. The minimum atomic E-state index is -0.352. The van der Waals surface area contributed by atoms with Gasteiger partial charge in [0.2, 0.25) is 5.91 Å². The number of carbonyl (C=O) groups is 1. The number of likely N-dealkylation sites (tertiary alicyclic amines) is 2. The molecule has 114 valence electrons. The fourth-order valence-electron chi connectivity index (χ4n) is 3.86. The zero-order chi connectivity index (χ0) is 13.9. The molecule has 0 aromatic heterocycles. The van der Waals surface area contributed by atoms with Gasteiger partial charge in [-0.25, -0.2) is 0 Å². The van der Waals surface area contributed by atoms with Gasteiger partial charge in [-0.05, 0) is 45.2 Å². The third kappa shape index (κ3) is 3.15. The van der Waals surface area contributed by atoms with Gasteiger partial charge in [0.1, 0.15) is 0 Å². The van der Waals surface area contributed by atoms with Crippen LogP contribution in [0.15, 0.2) is 0 Å². The summed E-state index contributed by atoms with van der Waals surface area (Å²) in [5.41, 5.74) is 0. The van der Waals surface area contributed by atoms with Crippen molar-refractivity contribution in [3.63, 3.8) is 0 Å². The van der Waals surface area contributed by atoms with Crippen LogP contribution < -0.4 is 5.32 Å². The molecule has 0 aliphatic carbocycles. The lowest BCUT2D eigenvalue weighted by atomic mass is 9.99. The maximum atomic E-state index is 12.4. The predicted molar refractivity (Wildman–Crippen MR) is 77.4 cm³/mol. The van der Waals surface area contributed by atoms with Gasteiger partial charge >= 0.3 is 0 Å². The molecule has 3 fully saturated rings. The summed E-state index contributed by atoms with van der Waals surface area (Å²) >= 11 is 0. The van der Waals surface area contributed by atoms with Crippen LogP contribution in [0.5, 0.6) is 0 Å². The normalized spacial score (nSPS) is 33.5. The van der Waals surface area contributed by atoms with Crippen molar-refractivity contribution >= 4 is 5.91 Å². The zero-order valence-electron chi connectivity index (χ0n) is 12.3. The third-order valence-corrected chi connectivity index (χ3v) is 5.09. The third-order valence-electron chi connectivity index (χ3n) is 5.09. The summed E-state index contributed by atoms with van der Waals surface area (Å²) in [6, 6.07) is 0.526. The average molecular weight is 281 g/mol. The van der Waals surface area contributed by atoms with Gasteiger partial charge in [0.05, 0.1) is 12.1 Å². The van der Waals surface area contributed by atoms with E-state index in [1.807, 2.05) is 4.90 Å². The Bertz CT molecular complexity index is 336. The number of aliphatic hydroxyl groups excluding tert-OH is 1. The second-order valence-electron chi connectivity index (χ2n) is 6.50. The Morgan fingerprint density at radius 3 is 2.35 bits per heavy atom. The Morgan fingerprint density at radius 2 is 1.75 bits per heavy atom. The van der Waals surface area contributed by atoms with E-state index in [-0.39, 0.29) is 18.1 Å². The maximum absolute atomic E-state index is 12.4. The van der Waals surface area contributed by atoms with Crippen molar-refractivity contribution in [3.05, 3.63) is 0 Å². The van der Waals surface area contributed by atoms with Crippen molar-refractivity contribution < 1.29 is 9.90 Å². The van der Waals surface area contributed by atoms with Gasteiger partial charge in [0.25, 0.3) is 0 Å². The Morgan fingerprint density at radius 1 is 1.05 bits per heavy atom. The number of nitrogens with zero attached hydrogens (tertiary/aromatic N) is 2. The Balaban J connectivity index is 1.47. The number of hydrogen-bond acceptors (Lipinski definition) is 4. The molecule has 0 aromatic carbocycles. The van der Waals surface area contributed by atoms with Gasteiger partial charge in [-0.15, -0.1) is 0 Å². The number of piperidine rings is 2. The second kappa shape index (κ2) is 6.41. The molecule has 5 nitrogen and oxygen atoms in total. The molecule has 0 spiro atoms. The molecule has 3 aliphatic heterocycles. The van der Waals surface area contributed by atoms with Crippen molar-refractivity contribution in [2.45, 2.75) is 56.7 Å². The van der Waals surface area contributed by atoms with Crippen LogP contribution in [0.4, 0.5) is 0 Å². The molecule has 20 heavy (non-hydrogen) atoms. The second-order valence-corrected chi connectivity index (χ2v) is 6.50. The van der Waals surface area contributed by atoms with Crippen molar-refractivity contribution in [3.8, 4) is 0 Å². The first-order chi connectivity index (χ1) is 9.74. The predicted octanol–water partition coefficient (Wildman–Crippen LogP) is 0.186. The van der Waals surface area contributed by atoms with E-state index in [1.54, 1.807) is 0 Å². The van der Waals surface area contributed by atoms with E-state index in [0.29, 0.717) is 19.0 Å². The highest BCUT2D eigenvalue weighted by Gasteiger charge is 2.34. The van der Waals surface area contributed by atoms with Gasteiger partial charge in [-0.1, -0.05) is 6.42 Å². The summed E-state index contributed by atoms with van der Waals surface area (Å²) in [5, 5.41) is 12.6. The SMILES string of the molecule is O=C(C1CC(O)CN1)N1CCC(N2CCCCC2)CC1. The summed E-state index contributed by atoms with van der Waals surface area (Å²) in [5.74, 6) is 0.193. The number of amides is 1. The quantitative estimate of drug-likeness (QED) is 0.758. The summed E-state index contributed by atoms with van der Waals surface area (Å²) < 4.78 is 0. The molecule has 0 saturated carbocycles. The van der Waals surface area contributed by atoms with E-state index < -0.39 is 0 Å². The van der Waals surface area contributed by atoms with Crippen LogP contribution in [0, 0.1) is 0 Å². The van der Waals surface area contributed by atoms with Gasteiger partial charge in [0.15, 0.2) is 0 Å². The topological polar surface area (TPSA) is 55.8 Å². The molecule has 2 N–H and O–H groups in total. The van der Waals surface area contributed by atoms with Crippen molar-refractivity contribution in [1.82, 2.24) is 15.1 Å². The summed E-state index contributed by atoms with van der Waals surface area (Å²) in [6.45, 7) is 4.81. The lowest BCUT2D eigenvalue weighted by molar-refractivity contribution is -0.134. The lowest BCUT2D eigenvalue weighted by Crippen LogP contribution is -2.51. The minimum absolute atomic E-state index is 0.156. The van der Waals surface area contributed by atoms with Gasteiger partial charge in [-0.2, -0.15) is 0 Å². The standard InChI is InChI=1S/C15H27N3O2/c19-13-10-14(16-11-13)15(20)18-8-4-12(5-9-18)17-6-2-1-3-7-17/h12-14,16,19H,1-11H2. The van der Waals surface area contributed by atoms with E-state index in [9.17, 15) is 9.90 Å². The number of β-amino-alcohol motifs (C(OH)–C–C–N with tert-alkyl or cyclic N) is 1. The molecule has 0 radical (unpaired) electrons. The summed E-state index contributed by atoms with van der Waals surface area (Å²) in [6.07, 6.45) is 6.50. The molecular weight excluding hydrogens is 254 g/mol. The number of rotatable bonds is 2. The molecule has 3 rings (SSSR count). The highest BCUT2D eigenvalue weighted by molar-refractivity contribution is 5.82. The van der Waals surface area contributed by atoms with Gasteiger partial charge in [-0.3, -0.25) is 4.79 Å². The number of carbonyl (C=O) groups excluding carboxylic acids is 1. The molecule has 1 amide bonds. The lowest BCUT2D eigenvalue weighted by Gasteiger charge is -2.40. The molecule has 2 unspecified atom stereocenters. The zero-order valence-corrected chi connectivity index (χ0v) is 12.3.